The molecule has 1 fully saturated rings. The summed E-state index contributed by atoms with van der Waals surface area (Å²) < 4.78 is 11.0. The molecule has 96 valence electrons. The number of methoxy groups -OCH3 is 1. The third kappa shape index (κ3) is 3.16. The van der Waals surface area contributed by atoms with Crippen LogP contribution in [-0.4, -0.2) is 13.7 Å². The Labute approximate surface area is 108 Å². The summed E-state index contributed by atoms with van der Waals surface area (Å²) in [5.74, 6) is 2.01. The zero-order chi connectivity index (χ0) is 12.8. The van der Waals surface area contributed by atoms with Crippen LogP contribution >= 0.6 is 0 Å². The fourth-order valence-electron chi connectivity index (χ4n) is 2.40. The van der Waals surface area contributed by atoms with Crippen LogP contribution in [0, 0.1) is 17.2 Å². The van der Waals surface area contributed by atoms with Gasteiger partial charge >= 0.3 is 0 Å². The van der Waals surface area contributed by atoms with Gasteiger partial charge in [0.1, 0.15) is 17.6 Å². The van der Waals surface area contributed by atoms with Crippen molar-refractivity contribution in [3.05, 3.63) is 23.8 Å². The van der Waals surface area contributed by atoms with E-state index in [0.29, 0.717) is 23.8 Å². The van der Waals surface area contributed by atoms with Gasteiger partial charge in [-0.05, 0) is 30.9 Å². The van der Waals surface area contributed by atoms with Crippen molar-refractivity contribution in [2.75, 3.05) is 13.7 Å². The van der Waals surface area contributed by atoms with Gasteiger partial charge in [0.2, 0.25) is 0 Å². The lowest BCUT2D eigenvalue weighted by atomic mass is 9.90. The maximum atomic E-state index is 9.05. The van der Waals surface area contributed by atoms with Gasteiger partial charge in [0, 0.05) is 6.07 Å². The number of nitrogens with zero attached hydrogens (tertiary/aromatic N) is 1. The smallest absolute Gasteiger partial charge is 0.140 e. The number of hydrogen-bond donors (Lipinski definition) is 0. The average molecular weight is 245 g/mol. The van der Waals surface area contributed by atoms with Crippen LogP contribution in [0.5, 0.6) is 11.5 Å². The summed E-state index contributed by atoms with van der Waals surface area (Å²) in [7, 11) is 1.62. The maximum Gasteiger partial charge on any atom is 0.140 e. The summed E-state index contributed by atoms with van der Waals surface area (Å²) in [4.78, 5) is 0. The Morgan fingerprint density at radius 2 is 2.06 bits per heavy atom. The molecule has 0 bridgehead atoms. The van der Waals surface area contributed by atoms with Gasteiger partial charge in [-0.2, -0.15) is 5.26 Å². The molecule has 0 aliphatic heterocycles. The van der Waals surface area contributed by atoms with E-state index >= 15 is 0 Å². The van der Waals surface area contributed by atoms with Gasteiger partial charge < -0.3 is 9.47 Å². The third-order valence-corrected chi connectivity index (χ3v) is 3.51. The molecule has 0 saturated heterocycles. The standard InChI is InChI=1S/C15H19NO2/c1-17-14-8-7-13(10-16)15(9-14)18-11-12-5-3-2-4-6-12/h7-9,12H,2-6,11H2,1H3. The molecule has 1 aliphatic rings. The van der Waals surface area contributed by atoms with E-state index in [-0.39, 0.29) is 0 Å². The highest BCUT2D eigenvalue weighted by molar-refractivity contribution is 5.47. The van der Waals surface area contributed by atoms with Crippen molar-refractivity contribution in [2.24, 2.45) is 5.92 Å². The lowest BCUT2D eigenvalue weighted by Crippen LogP contribution is -2.15. The first-order chi connectivity index (χ1) is 8.83. The van der Waals surface area contributed by atoms with Gasteiger partial charge in [-0.15, -0.1) is 0 Å². The Morgan fingerprint density at radius 3 is 2.72 bits per heavy atom. The van der Waals surface area contributed by atoms with Gasteiger partial charge in [0.25, 0.3) is 0 Å². The Hall–Kier alpha value is -1.69. The lowest BCUT2D eigenvalue weighted by molar-refractivity contribution is 0.208. The summed E-state index contributed by atoms with van der Waals surface area (Å²) >= 11 is 0. The molecule has 18 heavy (non-hydrogen) atoms. The second kappa shape index (κ2) is 6.30. The first-order valence-electron chi connectivity index (χ1n) is 6.54. The van der Waals surface area contributed by atoms with E-state index in [1.165, 1.54) is 32.1 Å². The van der Waals surface area contributed by atoms with E-state index in [1.807, 2.05) is 0 Å². The molecule has 0 heterocycles. The molecule has 1 saturated carbocycles. The molecule has 3 nitrogen and oxygen atoms in total. The summed E-state index contributed by atoms with van der Waals surface area (Å²) in [5, 5.41) is 9.05. The van der Waals surface area contributed by atoms with Crippen LogP contribution in [0.2, 0.25) is 0 Å². The fraction of sp³-hybridized carbons (Fsp3) is 0.533. The molecule has 0 atom stereocenters. The van der Waals surface area contributed by atoms with Crippen molar-refractivity contribution in [1.82, 2.24) is 0 Å². The first kappa shape index (κ1) is 12.8. The number of hydrogen-bond acceptors (Lipinski definition) is 3. The minimum Gasteiger partial charge on any atom is -0.497 e. The highest BCUT2D eigenvalue weighted by Gasteiger charge is 2.15. The van der Waals surface area contributed by atoms with Crippen LogP contribution in [0.1, 0.15) is 37.7 Å². The van der Waals surface area contributed by atoms with Crippen molar-refractivity contribution in [3.8, 4) is 17.6 Å². The Bertz CT molecular complexity index is 431. The zero-order valence-electron chi connectivity index (χ0n) is 10.8. The highest BCUT2D eigenvalue weighted by Crippen LogP contribution is 2.28. The largest absolute Gasteiger partial charge is 0.497 e. The quantitative estimate of drug-likeness (QED) is 0.815. The van der Waals surface area contributed by atoms with Crippen molar-refractivity contribution >= 4 is 0 Å². The second-order valence-corrected chi connectivity index (χ2v) is 4.79. The molecule has 0 aromatic heterocycles. The van der Waals surface area contributed by atoms with Gasteiger partial charge in [0.15, 0.2) is 0 Å². The molecule has 1 aromatic carbocycles. The van der Waals surface area contributed by atoms with Crippen molar-refractivity contribution in [3.63, 3.8) is 0 Å². The minimum absolute atomic E-state index is 0.576. The summed E-state index contributed by atoms with van der Waals surface area (Å²) in [5.41, 5.74) is 0.576. The number of nitriles is 1. The average Bonchev–Trinajstić information content (AvgIpc) is 2.45. The van der Waals surface area contributed by atoms with Crippen molar-refractivity contribution in [1.29, 1.82) is 5.26 Å². The third-order valence-electron chi connectivity index (χ3n) is 3.51. The molecule has 2 rings (SSSR count). The summed E-state index contributed by atoms with van der Waals surface area (Å²) in [6.07, 6.45) is 6.44. The number of ether oxygens (including phenoxy) is 2. The van der Waals surface area contributed by atoms with E-state index in [1.54, 1.807) is 25.3 Å². The van der Waals surface area contributed by atoms with E-state index in [4.69, 9.17) is 14.7 Å². The molecule has 1 aromatic rings. The molecular formula is C15H19NO2. The lowest BCUT2D eigenvalue weighted by Gasteiger charge is -2.22. The monoisotopic (exact) mass is 245 g/mol. The highest BCUT2D eigenvalue weighted by atomic mass is 16.5. The minimum atomic E-state index is 0.576. The van der Waals surface area contributed by atoms with Gasteiger partial charge in [-0.3, -0.25) is 0 Å². The molecule has 1 aliphatic carbocycles. The topological polar surface area (TPSA) is 42.2 Å². The Kier molecular flexibility index (Phi) is 4.46. The summed E-state index contributed by atoms with van der Waals surface area (Å²) in [6.45, 7) is 0.710. The number of rotatable bonds is 4. The van der Waals surface area contributed by atoms with Gasteiger partial charge in [-0.1, -0.05) is 19.3 Å². The second-order valence-electron chi connectivity index (χ2n) is 4.79. The van der Waals surface area contributed by atoms with Gasteiger partial charge in [0.05, 0.1) is 19.3 Å². The molecule has 0 amide bonds. The van der Waals surface area contributed by atoms with E-state index in [0.717, 1.165) is 5.75 Å². The van der Waals surface area contributed by atoms with E-state index < -0.39 is 0 Å². The first-order valence-corrected chi connectivity index (χ1v) is 6.54. The van der Waals surface area contributed by atoms with Crippen LogP contribution in [0.3, 0.4) is 0 Å². The normalized spacial score (nSPS) is 16.0. The van der Waals surface area contributed by atoms with Crippen LogP contribution in [0.25, 0.3) is 0 Å². The molecule has 0 radical (unpaired) electrons. The molecular weight excluding hydrogens is 226 g/mol. The van der Waals surface area contributed by atoms with E-state index in [2.05, 4.69) is 6.07 Å². The van der Waals surface area contributed by atoms with Crippen LogP contribution in [0.4, 0.5) is 0 Å². The predicted octanol–water partition coefficient (Wildman–Crippen LogP) is 3.53. The number of benzene rings is 1. The van der Waals surface area contributed by atoms with Crippen LogP contribution < -0.4 is 9.47 Å². The molecule has 3 heteroatoms. The predicted molar refractivity (Wildman–Crippen MR) is 69.8 cm³/mol. The Morgan fingerprint density at radius 1 is 1.28 bits per heavy atom. The van der Waals surface area contributed by atoms with Crippen molar-refractivity contribution < 1.29 is 9.47 Å². The SMILES string of the molecule is COc1ccc(C#N)c(OCC2CCCCC2)c1. The zero-order valence-corrected chi connectivity index (χ0v) is 10.8. The molecule has 0 N–H and O–H groups in total. The molecule has 0 spiro atoms. The van der Waals surface area contributed by atoms with Crippen LogP contribution in [0.15, 0.2) is 18.2 Å². The van der Waals surface area contributed by atoms with Crippen molar-refractivity contribution in [2.45, 2.75) is 32.1 Å². The maximum absolute atomic E-state index is 9.05. The van der Waals surface area contributed by atoms with Gasteiger partial charge in [-0.25, -0.2) is 0 Å². The summed E-state index contributed by atoms with van der Waals surface area (Å²) in [6, 6.07) is 7.48. The molecule has 0 unspecified atom stereocenters. The Balaban J connectivity index is 2.00. The fourth-order valence-corrected chi connectivity index (χ4v) is 2.40. The van der Waals surface area contributed by atoms with Crippen LogP contribution in [-0.2, 0) is 0 Å². The van der Waals surface area contributed by atoms with E-state index in [9.17, 15) is 0 Å².